The summed E-state index contributed by atoms with van der Waals surface area (Å²) in [5.74, 6) is 0. The van der Waals surface area contributed by atoms with Crippen LogP contribution in [0.15, 0.2) is 205 Å². The number of benzene rings is 9. The SMILES string of the molecule is c1ccc(-c2ccc(N(c3ccc4ccc5cc6oc7ccccc7c6cc5c4c3)c3ccccc3-c3cccc(-c4ccccc4)c3)cc2)cc1. The number of rotatable bonds is 6. The zero-order valence-electron chi connectivity index (χ0n) is 28.4. The van der Waals surface area contributed by atoms with Gasteiger partial charge in [-0.15, -0.1) is 0 Å². The average molecular weight is 664 g/mol. The highest BCUT2D eigenvalue weighted by Gasteiger charge is 2.19. The van der Waals surface area contributed by atoms with Crippen molar-refractivity contribution in [3.05, 3.63) is 200 Å². The molecule has 9 aromatic carbocycles. The summed E-state index contributed by atoms with van der Waals surface area (Å²) >= 11 is 0. The van der Waals surface area contributed by atoms with E-state index in [1.165, 1.54) is 44.0 Å². The predicted molar refractivity (Wildman–Crippen MR) is 220 cm³/mol. The zero-order chi connectivity index (χ0) is 34.4. The average Bonchev–Trinajstić information content (AvgIpc) is 3.59. The summed E-state index contributed by atoms with van der Waals surface area (Å²) in [6, 6.07) is 71.8. The van der Waals surface area contributed by atoms with E-state index in [9.17, 15) is 0 Å². The van der Waals surface area contributed by atoms with E-state index >= 15 is 0 Å². The van der Waals surface area contributed by atoms with E-state index in [0.29, 0.717) is 0 Å². The molecule has 0 aliphatic carbocycles. The summed E-state index contributed by atoms with van der Waals surface area (Å²) < 4.78 is 6.28. The molecule has 10 rings (SSSR count). The van der Waals surface area contributed by atoms with Gasteiger partial charge in [0.2, 0.25) is 0 Å². The van der Waals surface area contributed by atoms with Gasteiger partial charge in [0.15, 0.2) is 0 Å². The van der Waals surface area contributed by atoms with Crippen LogP contribution >= 0.6 is 0 Å². The molecule has 0 aliphatic rings. The van der Waals surface area contributed by atoms with Crippen LogP contribution in [0.1, 0.15) is 0 Å². The summed E-state index contributed by atoms with van der Waals surface area (Å²) in [5.41, 5.74) is 12.3. The van der Waals surface area contributed by atoms with Crippen molar-refractivity contribution in [3.63, 3.8) is 0 Å². The van der Waals surface area contributed by atoms with Crippen molar-refractivity contribution in [1.29, 1.82) is 0 Å². The lowest BCUT2D eigenvalue weighted by molar-refractivity contribution is 0.669. The smallest absolute Gasteiger partial charge is 0.136 e. The molecule has 52 heavy (non-hydrogen) atoms. The number of anilines is 3. The number of fused-ring (bicyclic) bond motifs is 6. The molecule has 0 amide bonds. The van der Waals surface area contributed by atoms with Crippen LogP contribution in [-0.4, -0.2) is 0 Å². The van der Waals surface area contributed by atoms with Gasteiger partial charge >= 0.3 is 0 Å². The van der Waals surface area contributed by atoms with Gasteiger partial charge in [-0.2, -0.15) is 0 Å². The van der Waals surface area contributed by atoms with E-state index in [4.69, 9.17) is 4.42 Å². The molecule has 1 heterocycles. The van der Waals surface area contributed by atoms with Crippen molar-refractivity contribution >= 4 is 60.5 Å². The first-order valence-corrected chi connectivity index (χ1v) is 17.8. The molecule has 10 aromatic rings. The fourth-order valence-corrected chi connectivity index (χ4v) is 7.67. The summed E-state index contributed by atoms with van der Waals surface area (Å²) in [6.07, 6.45) is 0. The molecule has 0 radical (unpaired) electrons. The topological polar surface area (TPSA) is 16.4 Å². The van der Waals surface area contributed by atoms with Gasteiger partial charge in [-0.3, -0.25) is 0 Å². The number of para-hydroxylation sites is 2. The summed E-state index contributed by atoms with van der Waals surface area (Å²) in [6.45, 7) is 0. The van der Waals surface area contributed by atoms with Crippen LogP contribution < -0.4 is 4.90 Å². The zero-order valence-corrected chi connectivity index (χ0v) is 28.4. The molecule has 0 saturated heterocycles. The maximum atomic E-state index is 6.28. The normalized spacial score (nSPS) is 11.5. The first-order chi connectivity index (χ1) is 25.8. The minimum atomic E-state index is 0.913. The van der Waals surface area contributed by atoms with Gasteiger partial charge in [-0.25, -0.2) is 0 Å². The Morgan fingerprint density at radius 3 is 1.73 bits per heavy atom. The molecule has 0 N–H and O–H groups in total. The third-order valence-corrected chi connectivity index (χ3v) is 10.2. The number of hydrogen-bond donors (Lipinski definition) is 0. The summed E-state index contributed by atoms with van der Waals surface area (Å²) in [4.78, 5) is 2.41. The lowest BCUT2D eigenvalue weighted by Gasteiger charge is -2.28. The predicted octanol–water partition coefficient (Wildman–Crippen LogP) is 14.4. The maximum Gasteiger partial charge on any atom is 0.136 e. The highest BCUT2D eigenvalue weighted by atomic mass is 16.3. The fourth-order valence-electron chi connectivity index (χ4n) is 7.67. The minimum absolute atomic E-state index is 0.913. The van der Waals surface area contributed by atoms with E-state index in [-0.39, 0.29) is 0 Å². The molecule has 0 aliphatic heterocycles. The second-order valence-corrected chi connectivity index (χ2v) is 13.4. The van der Waals surface area contributed by atoms with Crippen molar-refractivity contribution in [2.45, 2.75) is 0 Å². The third-order valence-electron chi connectivity index (χ3n) is 10.2. The Balaban J connectivity index is 1.18. The fraction of sp³-hybridized carbons (Fsp3) is 0. The van der Waals surface area contributed by atoms with Crippen LogP contribution in [0.2, 0.25) is 0 Å². The van der Waals surface area contributed by atoms with Crippen molar-refractivity contribution in [2.75, 3.05) is 4.90 Å². The maximum absolute atomic E-state index is 6.28. The molecule has 2 nitrogen and oxygen atoms in total. The molecule has 0 saturated carbocycles. The monoisotopic (exact) mass is 663 g/mol. The molecule has 0 bridgehead atoms. The van der Waals surface area contributed by atoms with E-state index in [0.717, 1.165) is 50.0 Å². The second-order valence-electron chi connectivity index (χ2n) is 13.4. The number of hydrogen-bond acceptors (Lipinski definition) is 2. The lowest BCUT2D eigenvalue weighted by atomic mass is 9.96. The Bertz CT molecular complexity index is 2890. The van der Waals surface area contributed by atoms with Crippen LogP contribution in [0.5, 0.6) is 0 Å². The largest absolute Gasteiger partial charge is 0.456 e. The molecule has 0 fully saturated rings. The number of nitrogens with zero attached hydrogens (tertiary/aromatic N) is 1. The summed E-state index contributed by atoms with van der Waals surface area (Å²) in [5, 5.41) is 7.05. The molecule has 0 atom stereocenters. The van der Waals surface area contributed by atoms with Crippen LogP contribution in [0.4, 0.5) is 17.1 Å². The van der Waals surface area contributed by atoms with Crippen molar-refractivity contribution in [1.82, 2.24) is 0 Å². The molecular weight excluding hydrogens is 631 g/mol. The van der Waals surface area contributed by atoms with Gasteiger partial charge in [0.1, 0.15) is 11.2 Å². The molecule has 0 unspecified atom stereocenters. The van der Waals surface area contributed by atoms with E-state index in [1.54, 1.807) is 0 Å². The third kappa shape index (κ3) is 5.21. The van der Waals surface area contributed by atoms with Gasteiger partial charge < -0.3 is 9.32 Å². The van der Waals surface area contributed by atoms with Gasteiger partial charge in [0.25, 0.3) is 0 Å². The molecule has 2 heteroatoms. The Morgan fingerprint density at radius 1 is 0.308 bits per heavy atom. The van der Waals surface area contributed by atoms with E-state index in [2.05, 4.69) is 193 Å². The lowest BCUT2D eigenvalue weighted by Crippen LogP contribution is -2.11. The van der Waals surface area contributed by atoms with Gasteiger partial charge in [-0.05, 0) is 104 Å². The summed E-state index contributed by atoms with van der Waals surface area (Å²) in [7, 11) is 0. The first-order valence-electron chi connectivity index (χ1n) is 17.8. The quantitative estimate of drug-likeness (QED) is 0.165. The molecule has 1 aromatic heterocycles. The van der Waals surface area contributed by atoms with Crippen LogP contribution in [0.25, 0.3) is 76.9 Å². The van der Waals surface area contributed by atoms with Crippen molar-refractivity contribution < 1.29 is 4.42 Å². The van der Waals surface area contributed by atoms with E-state index in [1.807, 2.05) is 12.1 Å². The Kier molecular flexibility index (Phi) is 7.18. The highest BCUT2D eigenvalue weighted by Crippen LogP contribution is 2.44. The first kappa shape index (κ1) is 30.0. The minimum Gasteiger partial charge on any atom is -0.456 e. The molecular formula is C50H33NO. The number of furan rings is 1. The Labute approximate surface area is 302 Å². The Hall–Kier alpha value is -6.90. The van der Waals surface area contributed by atoms with Crippen LogP contribution in [-0.2, 0) is 0 Å². The van der Waals surface area contributed by atoms with Crippen molar-refractivity contribution in [3.8, 4) is 33.4 Å². The second kappa shape index (κ2) is 12.5. The highest BCUT2D eigenvalue weighted by molar-refractivity contribution is 6.17. The Morgan fingerprint density at radius 2 is 0.904 bits per heavy atom. The molecule has 0 spiro atoms. The van der Waals surface area contributed by atoms with Crippen LogP contribution in [0.3, 0.4) is 0 Å². The molecule has 244 valence electrons. The van der Waals surface area contributed by atoms with Gasteiger partial charge in [-0.1, -0.05) is 146 Å². The van der Waals surface area contributed by atoms with E-state index < -0.39 is 0 Å². The van der Waals surface area contributed by atoms with Crippen LogP contribution in [0, 0.1) is 0 Å². The van der Waals surface area contributed by atoms with Gasteiger partial charge in [0.05, 0.1) is 5.69 Å². The van der Waals surface area contributed by atoms with Crippen molar-refractivity contribution in [2.24, 2.45) is 0 Å². The van der Waals surface area contributed by atoms with Gasteiger partial charge in [0, 0.05) is 27.7 Å². The standard InChI is InChI=1S/C50H33NO/c1-3-12-34(13-4-1)36-24-27-41(28-25-36)51(48-20-9-7-18-43(48)39-17-11-16-38(30-39)35-14-5-2-6-15-35)42-29-26-37-22-23-40-31-50-47(33-46(40)45(37)32-42)44-19-8-10-21-49(44)52-50/h1-33H.